The third-order valence-corrected chi connectivity index (χ3v) is 3.83. The van der Waals surface area contributed by atoms with E-state index in [2.05, 4.69) is 0 Å². The number of nitrogens with two attached hydrogens (primary N) is 1. The Morgan fingerprint density at radius 1 is 1.43 bits per heavy atom. The molecule has 1 rings (SSSR count). The fraction of sp³-hybridized carbons (Fsp3) is 0.0909. The highest BCUT2D eigenvalue weighted by Gasteiger charge is 2.15. The largest absolute Gasteiger partial charge is 0.480 e. The lowest BCUT2D eigenvalue weighted by molar-refractivity contribution is -0.139. The number of nitriles is 1. The van der Waals surface area contributed by atoms with E-state index in [1.54, 1.807) is 0 Å². The number of ether oxygens (including phenoxy) is 1. The van der Waals surface area contributed by atoms with Crippen LogP contribution in [-0.4, -0.2) is 26.1 Å². The second-order valence-corrected chi connectivity index (χ2v) is 5.91. The van der Waals surface area contributed by atoms with Crippen LogP contribution in [0.15, 0.2) is 17.0 Å². The number of hydrogen-bond donors (Lipinski definition) is 2. The number of carboxylic acids is 1. The summed E-state index contributed by atoms with van der Waals surface area (Å²) in [5.41, 5.74) is 0.120. The zero-order valence-corrected chi connectivity index (χ0v) is 12.5. The molecule has 7 nitrogen and oxygen atoms in total. The molecule has 0 atom stereocenters. The Morgan fingerprint density at radius 2 is 2.05 bits per heavy atom. The molecule has 0 bridgehead atoms. The number of benzene rings is 1. The summed E-state index contributed by atoms with van der Waals surface area (Å²) >= 11 is 11.8. The zero-order chi connectivity index (χ0) is 16.2. The smallest absolute Gasteiger partial charge is 0.341 e. The highest BCUT2D eigenvalue weighted by atomic mass is 35.5. The number of rotatable bonds is 5. The Hall–Kier alpha value is -1.79. The SMILES string of the molecule is N#C/C(=C\c1ccc(OCC(=O)O)c(Cl)c1Cl)S(N)(=O)=O. The minimum absolute atomic E-state index is 0.00956. The molecule has 0 radical (unpaired) electrons. The third kappa shape index (κ3) is 4.61. The Labute approximate surface area is 130 Å². The van der Waals surface area contributed by atoms with E-state index in [0.29, 0.717) is 0 Å². The van der Waals surface area contributed by atoms with Crippen molar-refractivity contribution >= 4 is 45.3 Å². The van der Waals surface area contributed by atoms with Crippen molar-refractivity contribution < 1.29 is 23.1 Å². The van der Waals surface area contributed by atoms with Gasteiger partial charge in [-0.1, -0.05) is 23.2 Å². The molecule has 0 spiro atoms. The maximum Gasteiger partial charge on any atom is 0.341 e. The van der Waals surface area contributed by atoms with E-state index in [4.69, 9.17) is 43.4 Å². The van der Waals surface area contributed by atoms with Crippen molar-refractivity contribution in [1.82, 2.24) is 0 Å². The molecule has 0 heterocycles. The topological polar surface area (TPSA) is 130 Å². The molecule has 0 aliphatic rings. The number of halogens is 2. The molecule has 3 N–H and O–H groups in total. The molecule has 0 saturated carbocycles. The van der Waals surface area contributed by atoms with Gasteiger partial charge in [0.25, 0.3) is 0 Å². The fourth-order valence-corrected chi connectivity index (χ4v) is 2.08. The summed E-state index contributed by atoms with van der Waals surface area (Å²) in [5, 5.41) is 21.9. The standard InChI is InChI=1S/C11H8Cl2N2O5S/c12-10-6(3-7(4-14)21(15,18)19)1-2-8(11(10)13)20-5-9(16)17/h1-3H,5H2,(H,16,17)(H2,15,18,19)/b7-3+. The van der Waals surface area contributed by atoms with Crippen LogP contribution in [0, 0.1) is 11.3 Å². The predicted molar refractivity (Wildman–Crippen MR) is 76.3 cm³/mol. The number of hydrogen-bond acceptors (Lipinski definition) is 5. The summed E-state index contributed by atoms with van der Waals surface area (Å²) in [5.74, 6) is -1.19. The summed E-state index contributed by atoms with van der Waals surface area (Å²) < 4.78 is 27.1. The van der Waals surface area contributed by atoms with Crippen molar-refractivity contribution in [2.45, 2.75) is 0 Å². The molecular formula is C11H8Cl2N2O5S. The van der Waals surface area contributed by atoms with Crippen molar-refractivity contribution in [2.24, 2.45) is 5.14 Å². The van der Waals surface area contributed by atoms with Crippen LogP contribution in [0.2, 0.25) is 10.0 Å². The Balaban J connectivity index is 3.25. The highest BCUT2D eigenvalue weighted by Crippen LogP contribution is 2.35. The molecule has 112 valence electrons. The number of primary sulfonamides is 1. The summed E-state index contributed by atoms with van der Waals surface area (Å²) in [6.07, 6.45) is 0.949. The molecule has 0 aliphatic heterocycles. The van der Waals surface area contributed by atoms with Crippen LogP contribution in [0.1, 0.15) is 5.56 Å². The first-order chi connectivity index (χ1) is 9.66. The number of allylic oxidation sites excluding steroid dienone is 1. The summed E-state index contributed by atoms with van der Waals surface area (Å²) in [6, 6.07) is 4.04. The summed E-state index contributed by atoms with van der Waals surface area (Å²) in [6.45, 7) is -0.619. The van der Waals surface area contributed by atoms with E-state index in [1.807, 2.05) is 0 Å². The molecule has 0 amide bonds. The predicted octanol–water partition coefficient (Wildman–Crippen LogP) is 1.61. The second kappa shape index (κ2) is 6.78. The zero-order valence-electron chi connectivity index (χ0n) is 10.2. The molecule has 21 heavy (non-hydrogen) atoms. The van der Waals surface area contributed by atoms with Crippen molar-refractivity contribution in [2.75, 3.05) is 6.61 Å². The number of nitrogens with zero attached hydrogens (tertiary/aromatic N) is 1. The van der Waals surface area contributed by atoms with Gasteiger partial charge in [0.2, 0.25) is 10.0 Å². The van der Waals surface area contributed by atoms with Gasteiger partial charge >= 0.3 is 5.97 Å². The summed E-state index contributed by atoms with van der Waals surface area (Å²) in [7, 11) is -4.19. The van der Waals surface area contributed by atoms with Crippen LogP contribution in [-0.2, 0) is 14.8 Å². The number of carbonyl (C=O) groups is 1. The molecule has 1 aromatic carbocycles. The molecule has 0 aromatic heterocycles. The van der Waals surface area contributed by atoms with E-state index >= 15 is 0 Å². The van der Waals surface area contributed by atoms with E-state index in [-0.39, 0.29) is 21.4 Å². The van der Waals surface area contributed by atoms with E-state index in [9.17, 15) is 13.2 Å². The van der Waals surface area contributed by atoms with Crippen LogP contribution < -0.4 is 9.88 Å². The normalized spacial score (nSPS) is 11.8. The van der Waals surface area contributed by atoms with Gasteiger partial charge in [0.1, 0.15) is 16.8 Å². The third-order valence-electron chi connectivity index (χ3n) is 2.13. The first-order valence-corrected chi connectivity index (χ1v) is 7.44. The van der Waals surface area contributed by atoms with Crippen LogP contribution in [0.25, 0.3) is 6.08 Å². The Kier molecular flexibility index (Phi) is 5.57. The Bertz CT molecular complexity index is 753. The van der Waals surface area contributed by atoms with Crippen molar-refractivity contribution in [3.63, 3.8) is 0 Å². The van der Waals surface area contributed by atoms with Gasteiger partial charge in [-0.2, -0.15) is 5.26 Å². The maximum atomic E-state index is 11.1. The number of sulfonamides is 1. The monoisotopic (exact) mass is 350 g/mol. The van der Waals surface area contributed by atoms with E-state index in [0.717, 1.165) is 6.08 Å². The highest BCUT2D eigenvalue weighted by molar-refractivity contribution is 7.93. The average molecular weight is 351 g/mol. The molecule has 0 aliphatic carbocycles. The van der Waals surface area contributed by atoms with E-state index < -0.39 is 27.5 Å². The van der Waals surface area contributed by atoms with Crippen LogP contribution in [0.3, 0.4) is 0 Å². The van der Waals surface area contributed by atoms with Crippen LogP contribution >= 0.6 is 23.2 Å². The quantitative estimate of drug-likeness (QED) is 0.775. The molecule has 1 aromatic rings. The molecule has 0 saturated heterocycles. The van der Waals surface area contributed by atoms with E-state index in [1.165, 1.54) is 18.2 Å². The minimum Gasteiger partial charge on any atom is -0.480 e. The van der Waals surface area contributed by atoms with Gasteiger partial charge in [-0.15, -0.1) is 0 Å². The second-order valence-electron chi connectivity index (χ2n) is 3.63. The molecule has 0 fully saturated rings. The molecular weight excluding hydrogens is 343 g/mol. The van der Waals surface area contributed by atoms with Gasteiger partial charge in [-0.3, -0.25) is 0 Å². The van der Waals surface area contributed by atoms with Gasteiger partial charge < -0.3 is 9.84 Å². The molecule has 0 unspecified atom stereocenters. The maximum absolute atomic E-state index is 11.1. The van der Waals surface area contributed by atoms with Crippen molar-refractivity contribution in [1.29, 1.82) is 5.26 Å². The van der Waals surface area contributed by atoms with Crippen LogP contribution in [0.5, 0.6) is 5.75 Å². The number of aliphatic carboxylic acids is 1. The minimum atomic E-state index is -4.19. The van der Waals surface area contributed by atoms with Crippen LogP contribution in [0.4, 0.5) is 0 Å². The number of carboxylic acid groups (broad SMARTS) is 1. The lowest BCUT2D eigenvalue weighted by atomic mass is 10.2. The molecule has 10 heteroatoms. The van der Waals surface area contributed by atoms with Gasteiger partial charge in [0.05, 0.1) is 5.02 Å². The first-order valence-electron chi connectivity index (χ1n) is 5.14. The van der Waals surface area contributed by atoms with Crippen molar-refractivity contribution in [3.8, 4) is 11.8 Å². The first kappa shape index (κ1) is 17.3. The summed E-state index contributed by atoms with van der Waals surface area (Å²) in [4.78, 5) is 9.71. The lowest BCUT2D eigenvalue weighted by Crippen LogP contribution is -2.13. The van der Waals surface area contributed by atoms with Gasteiger partial charge in [0, 0.05) is 0 Å². The van der Waals surface area contributed by atoms with Crippen molar-refractivity contribution in [3.05, 3.63) is 32.6 Å². The van der Waals surface area contributed by atoms with Gasteiger partial charge in [-0.05, 0) is 23.8 Å². The lowest BCUT2D eigenvalue weighted by Gasteiger charge is -2.09. The Morgan fingerprint density at radius 3 is 2.52 bits per heavy atom. The fourth-order valence-electron chi connectivity index (χ4n) is 1.23. The van der Waals surface area contributed by atoms with Gasteiger partial charge in [-0.25, -0.2) is 18.4 Å². The average Bonchev–Trinajstić information content (AvgIpc) is 2.37. The van der Waals surface area contributed by atoms with Gasteiger partial charge in [0.15, 0.2) is 11.5 Å².